The average Bonchev–Trinajstić information content (AvgIpc) is 3.31. The molecule has 184 valence electrons. The molecule has 0 spiro atoms. The number of aliphatic hydroxyl groups is 1. The van der Waals surface area contributed by atoms with Gasteiger partial charge in [-0.05, 0) is 36.2 Å². The van der Waals surface area contributed by atoms with Crippen molar-refractivity contribution in [1.82, 2.24) is 19.9 Å². The third-order valence-electron chi connectivity index (χ3n) is 6.47. The Balaban J connectivity index is 1.42. The third kappa shape index (κ3) is 4.85. The lowest BCUT2D eigenvalue weighted by Crippen LogP contribution is -2.59. The number of carbonyl (C=O) groups is 1. The zero-order chi connectivity index (χ0) is 24.7. The van der Waals surface area contributed by atoms with Gasteiger partial charge in [-0.2, -0.15) is 18.2 Å². The van der Waals surface area contributed by atoms with Crippen LogP contribution >= 0.6 is 11.6 Å². The molecule has 2 aliphatic rings. The Bertz CT molecular complexity index is 1210. The maximum atomic E-state index is 13.0. The molecule has 2 aromatic carbocycles. The molecule has 2 unspecified atom stereocenters. The van der Waals surface area contributed by atoms with Crippen molar-refractivity contribution in [2.75, 3.05) is 26.2 Å². The molecule has 2 fully saturated rings. The lowest BCUT2D eigenvalue weighted by atomic mass is 9.84. The summed E-state index contributed by atoms with van der Waals surface area (Å²) in [7, 11) is 0. The highest BCUT2D eigenvalue weighted by Gasteiger charge is 2.39. The van der Waals surface area contributed by atoms with Crippen LogP contribution < -0.4 is 0 Å². The van der Waals surface area contributed by atoms with Crippen molar-refractivity contribution < 1.29 is 27.6 Å². The van der Waals surface area contributed by atoms with E-state index >= 15 is 0 Å². The molecular weight excluding hydrogens is 485 g/mol. The van der Waals surface area contributed by atoms with Gasteiger partial charge in [0.25, 0.3) is 0 Å². The summed E-state index contributed by atoms with van der Waals surface area (Å²) < 4.78 is 44.6. The number of urea groups is 1. The Kier molecular flexibility index (Phi) is 6.18. The van der Waals surface area contributed by atoms with Crippen LogP contribution in [0.3, 0.4) is 0 Å². The fraction of sp³-hybridized carbons (Fsp3) is 0.375. The Morgan fingerprint density at radius 1 is 1.00 bits per heavy atom. The van der Waals surface area contributed by atoms with Gasteiger partial charge < -0.3 is 19.4 Å². The molecule has 0 bridgehead atoms. The predicted molar refractivity (Wildman–Crippen MR) is 121 cm³/mol. The highest BCUT2D eigenvalue weighted by Crippen LogP contribution is 2.38. The molecule has 5 rings (SSSR count). The lowest BCUT2D eigenvalue weighted by molar-refractivity contribution is -0.137. The zero-order valence-electron chi connectivity index (χ0n) is 18.5. The Morgan fingerprint density at radius 2 is 1.66 bits per heavy atom. The molecule has 2 atom stereocenters. The van der Waals surface area contributed by atoms with Crippen molar-refractivity contribution in [3.63, 3.8) is 0 Å². The van der Waals surface area contributed by atoms with Crippen molar-refractivity contribution in [2.24, 2.45) is 0 Å². The number of hydrogen-bond acceptors (Lipinski definition) is 5. The average molecular weight is 507 g/mol. The first-order chi connectivity index (χ1) is 16.7. The molecule has 2 amide bonds. The van der Waals surface area contributed by atoms with Crippen LogP contribution in [0.5, 0.6) is 0 Å². The molecule has 11 heteroatoms. The molecule has 1 aromatic heterocycles. The number of benzene rings is 2. The van der Waals surface area contributed by atoms with Gasteiger partial charge in [0.05, 0.1) is 35.7 Å². The van der Waals surface area contributed by atoms with E-state index in [2.05, 4.69) is 10.1 Å². The molecule has 2 aliphatic heterocycles. The van der Waals surface area contributed by atoms with Crippen molar-refractivity contribution in [2.45, 2.75) is 30.5 Å². The van der Waals surface area contributed by atoms with E-state index in [1.807, 2.05) is 0 Å². The number of aliphatic hydroxyl groups excluding tert-OH is 1. The minimum atomic E-state index is -4.42. The molecule has 0 aliphatic carbocycles. The summed E-state index contributed by atoms with van der Waals surface area (Å²) in [6.07, 6.45) is -4.45. The van der Waals surface area contributed by atoms with E-state index in [1.165, 1.54) is 12.1 Å². The minimum Gasteiger partial charge on any atom is -0.389 e. The summed E-state index contributed by atoms with van der Waals surface area (Å²) in [4.78, 5) is 20.7. The Hall–Kier alpha value is -3.11. The van der Waals surface area contributed by atoms with Crippen LogP contribution in [-0.4, -0.2) is 63.4 Å². The normalized spacial score (nSPS) is 21.2. The minimum absolute atomic E-state index is 0.234. The number of halogens is 4. The molecule has 1 N–H and O–H groups in total. The van der Waals surface area contributed by atoms with Gasteiger partial charge in [-0.1, -0.05) is 41.0 Å². The van der Waals surface area contributed by atoms with E-state index in [0.29, 0.717) is 47.4 Å². The molecule has 35 heavy (non-hydrogen) atoms. The number of likely N-dealkylation sites (tertiary alicyclic amines) is 2. The number of alkyl halides is 3. The number of aromatic nitrogens is 2. The molecule has 3 aromatic rings. The second-order valence-corrected chi connectivity index (χ2v) is 9.34. The fourth-order valence-corrected chi connectivity index (χ4v) is 4.80. The number of carbonyl (C=O) groups excluding carboxylic acids is 1. The van der Waals surface area contributed by atoms with Crippen molar-refractivity contribution in [3.8, 4) is 11.4 Å². The second kappa shape index (κ2) is 9.16. The van der Waals surface area contributed by atoms with Crippen LogP contribution in [0.4, 0.5) is 18.0 Å². The predicted octanol–water partition coefficient (Wildman–Crippen LogP) is 4.78. The number of nitrogens with zero attached hydrogens (tertiary/aromatic N) is 4. The van der Waals surface area contributed by atoms with E-state index in [-0.39, 0.29) is 31.0 Å². The molecule has 0 radical (unpaired) electrons. The van der Waals surface area contributed by atoms with Gasteiger partial charge in [0, 0.05) is 24.6 Å². The van der Waals surface area contributed by atoms with Crippen LogP contribution in [0.2, 0.25) is 5.02 Å². The highest BCUT2D eigenvalue weighted by molar-refractivity contribution is 6.33. The largest absolute Gasteiger partial charge is 0.416 e. The first kappa shape index (κ1) is 23.6. The van der Waals surface area contributed by atoms with Crippen LogP contribution in [0, 0.1) is 0 Å². The first-order valence-electron chi connectivity index (χ1n) is 11.2. The topological polar surface area (TPSA) is 82.7 Å². The summed E-state index contributed by atoms with van der Waals surface area (Å²) in [6.45, 7) is 1.15. The highest BCUT2D eigenvalue weighted by atomic mass is 35.5. The summed E-state index contributed by atoms with van der Waals surface area (Å²) in [5.74, 6) is 0.0979. The maximum Gasteiger partial charge on any atom is 0.416 e. The smallest absolute Gasteiger partial charge is 0.389 e. The number of rotatable bonds is 3. The first-order valence-corrected chi connectivity index (χ1v) is 11.5. The van der Waals surface area contributed by atoms with Crippen LogP contribution in [-0.2, 0) is 6.18 Å². The van der Waals surface area contributed by atoms with Crippen molar-refractivity contribution in [1.29, 1.82) is 0 Å². The van der Waals surface area contributed by atoms with E-state index < -0.39 is 17.8 Å². The summed E-state index contributed by atoms with van der Waals surface area (Å²) in [5, 5.41) is 14.1. The van der Waals surface area contributed by atoms with Gasteiger partial charge in [-0.3, -0.25) is 0 Å². The summed E-state index contributed by atoms with van der Waals surface area (Å²) >= 11 is 6.25. The van der Waals surface area contributed by atoms with Crippen LogP contribution in [0.15, 0.2) is 53.1 Å². The van der Waals surface area contributed by atoms with Crippen molar-refractivity contribution in [3.05, 3.63) is 70.6 Å². The fourth-order valence-electron chi connectivity index (χ4n) is 4.58. The number of piperidine rings is 1. The SMILES string of the molecule is O=C(N1CC(O)C1)N1CC(c2ccc(C(F)(F)F)cc2)CC(c2nc(-c3ccccc3Cl)no2)C1. The van der Waals surface area contributed by atoms with Gasteiger partial charge in [0.15, 0.2) is 0 Å². The monoisotopic (exact) mass is 506 g/mol. The van der Waals surface area contributed by atoms with E-state index in [9.17, 15) is 23.1 Å². The Morgan fingerprint density at radius 3 is 2.31 bits per heavy atom. The van der Waals surface area contributed by atoms with E-state index in [1.54, 1.807) is 34.1 Å². The molecule has 0 saturated carbocycles. The summed E-state index contributed by atoms with van der Waals surface area (Å²) in [6, 6.07) is 11.9. The molecular formula is C24H22ClF3N4O3. The quantitative estimate of drug-likeness (QED) is 0.553. The number of β-amino-alcohol motifs (C(OH)–C–C–N with tert-alkyl or cyclic N) is 1. The molecule has 3 heterocycles. The standard InChI is InChI=1S/C24H22ClF3N4O3/c25-20-4-2-1-3-19(20)21-29-22(35-30-21)16-9-15(14-5-7-17(8-6-14)24(26,27)28)10-31(11-16)23(34)32-12-18(33)13-32/h1-8,15-16,18,33H,9-13H2. The second-order valence-electron chi connectivity index (χ2n) is 8.93. The van der Waals surface area contributed by atoms with Crippen LogP contribution in [0.1, 0.15) is 35.3 Å². The number of amides is 2. The number of hydrogen-bond donors (Lipinski definition) is 1. The van der Waals surface area contributed by atoms with E-state index in [4.69, 9.17) is 16.1 Å². The van der Waals surface area contributed by atoms with Gasteiger partial charge in [0.2, 0.25) is 11.7 Å². The van der Waals surface area contributed by atoms with Gasteiger partial charge in [0.1, 0.15) is 0 Å². The van der Waals surface area contributed by atoms with Gasteiger partial charge >= 0.3 is 12.2 Å². The van der Waals surface area contributed by atoms with Gasteiger partial charge in [-0.15, -0.1) is 0 Å². The van der Waals surface area contributed by atoms with E-state index in [0.717, 1.165) is 12.1 Å². The maximum absolute atomic E-state index is 13.0. The zero-order valence-corrected chi connectivity index (χ0v) is 19.2. The van der Waals surface area contributed by atoms with Gasteiger partial charge in [-0.25, -0.2) is 4.79 Å². The van der Waals surface area contributed by atoms with Crippen molar-refractivity contribution >= 4 is 17.6 Å². The Labute approximate surface area is 204 Å². The summed E-state index contributed by atoms with van der Waals surface area (Å²) in [5.41, 5.74) is 0.578. The van der Waals surface area contributed by atoms with Crippen LogP contribution in [0.25, 0.3) is 11.4 Å². The third-order valence-corrected chi connectivity index (χ3v) is 6.80. The molecule has 2 saturated heterocycles. The molecule has 7 nitrogen and oxygen atoms in total. The lowest BCUT2D eigenvalue weighted by Gasteiger charge is -2.43.